The molecule has 0 atom stereocenters. The van der Waals surface area contributed by atoms with Gasteiger partial charge in [0.1, 0.15) is 0 Å². The summed E-state index contributed by atoms with van der Waals surface area (Å²) in [6.45, 7) is 17.5. The monoisotopic (exact) mass is 906 g/mol. The summed E-state index contributed by atoms with van der Waals surface area (Å²) in [4.78, 5) is 9.68. The van der Waals surface area contributed by atoms with Crippen LogP contribution in [0.15, 0.2) is 126 Å². The minimum atomic E-state index is -1.51. The summed E-state index contributed by atoms with van der Waals surface area (Å²) >= 11 is 0. The summed E-state index contributed by atoms with van der Waals surface area (Å²) in [7, 11) is -1.34. The molecule has 6 heteroatoms. The van der Waals surface area contributed by atoms with Crippen LogP contribution in [0.2, 0.25) is 19.6 Å². The van der Waals surface area contributed by atoms with Crippen LogP contribution in [0.4, 0.5) is 0 Å². The van der Waals surface area contributed by atoms with Crippen LogP contribution in [-0.4, -0.2) is 22.6 Å². The standard InChI is InChI=1S/C30H25N2O.C18H24NSi.Ir/c1-30(2,3)18-20-15-16-23-24(19-33-28(23)17-20)29-31-25-12-6-7-13-27(25)32(29)26-14-8-10-21-9-4-5-11-22(21)26;1-14(2)11-16-12-17(15-9-7-6-8-10-15)19-13-18(16)20(3,4)5;/h4-17H,18H2,1-3H3;6-9,12-14H,11H2,1-5H3;/q2*-1;/i18D2;;. The number of pyridine rings is 1. The smallest absolute Gasteiger partial charge is 0.0798 e. The van der Waals surface area contributed by atoms with Gasteiger partial charge in [-0.2, -0.15) is 0 Å². The van der Waals surface area contributed by atoms with Gasteiger partial charge in [0.05, 0.1) is 24.9 Å². The first-order valence-electron chi connectivity index (χ1n) is 19.5. The molecule has 3 aromatic heterocycles. The molecule has 0 saturated heterocycles. The van der Waals surface area contributed by atoms with Gasteiger partial charge in [0, 0.05) is 52.0 Å². The van der Waals surface area contributed by atoms with Crippen molar-refractivity contribution in [2.75, 3.05) is 0 Å². The van der Waals surface area contributed by atoms with Crippen LogP contribution < -0.4 is 5.19 Å². The molecule has 1 radical (unpaired) electrons. The molecule has 0 aliphatic carbocycles. The van der Waals surface area contributed by atoms with Gasteiger partial charge in [0.15, 0.2) is 0 Å². The molecule has 0 N–H and O–H groups in total. The average Bonchev–Trinajstić information content (AvgIpc) is 3.75. The van der Waals surface area contributed by atoms with E-state index in [2.05, 4.69) is 116 Å². The Morgan fingerprint density at radius 3 is 2.33 bits per heavy atom. The number of rotatable bonds is 7. The topological polar surface area (TPSA) is 43.9 Å². The zero-order chi connectivity index (χ0) is 39.1. The summed E-state index contributed by atoms with van der Waals surface area (Å²) < 4.78 is 25.4. The van der Waals surface area contributed by atoms with E-state index >= 15 is 0 Å². The van der Waals surface area contributed by atoms with E-state index in [-0.39, 0.29) is 20.1 Å². The number of aromatic nitrogens is 3. The predicted octanol–water partition coefficient (Wildman–Crippen LogP) is 12.3. The minimum absolute atomic E-state index is 0. The van der Waals surface area contributed by atoms with Gasteiger partial charge in [-0.15, -0.1) is 42.0 Å². The predicted molar refractivity (Wildman–Crippen MR) is 226 cm³/mol. The molecule has 4 nitrogen and oxygen atoms in total. The van der Waals surface area contributed by atoms with Crippen LogP contribution in [0.25, 0.3) is 61.1 Å². The van der Waals surface area contributed by atoms with Crippen molar-refractivity contribution in [3.8, 4) is 28.3 Å². The van der Waals surface area contributed by atoms with Crippen molar-refractivity contribution in [1.82, 2.24) is 14.5 Å². The molecule has 0 aliphatic rings. The number of benzene rings is 5. The second-order valence-corrected chi connectivity index (χ2v) is 21.3. The van der Waals surface area contributed by atoms with Crippen LogP contribution in [0.3, 0.4) is 0 Å². The van der Waals surface area contributed by atoms with Crippen molar-refractivity contribution in [1.29, 1.82) is 0 Å². The Labute approximate surface area is 337 Å². The Balaban J connectivity index is 0.000000217. The molecule has 0 spiro atoms. The van der Waals surface area contributed by atoms with Crippen LogP contribution in [0.1, 0.15) is 48.5 Å². The Morgan fingerprint density at radius 2 is 1.59 bits per heavy atom. The number of furan rings is 1. The number of hydrogen-bond acceptors (Lipinski definition) is 3. The summed E-state index contributed by atoms with van der Waals surface area (Å²) in [6, 6.07) is 41.9. The third kappa shape index (κ3) is 8.52. The van der Waals surface area contributed by atoms with E-state index in [1.807, 2.05) is 75.4 Å². The summed E-state index contributed by atoms with van der Waals surface area (Å²) in [5.74, 6) is 1.41. The quantitative estimate of drug-likeness (QED) is 0.118. The maximum atomic E-state index is 8.66. The van der Waals surface area contributed by atoms with Crippen LogP contribution in [-0.2, 0) is 32.9 Å². The minimum Gasteiger partial charge on any atom is -0.557 e. The fraction of sp³-hybridized carbons (Fsp3) is 0.250. The number of para-hydroxylation sites is 2. The van der Waals surface area contributed by atoms with Crippen molar-refractivity contribution >= 4 is 46.0 Å². The summed E-state index contributed by atoms with van der Waals surface area (Å²) in [5.41, 5.74) is 7.92. The van der Waals surface area contributed by atoms with E-state index in [1.54, 1.807) is 6.07 Å². The summed E-state index contributed by atoms with van der Waals surface area (Å²) in [5, 5.41) is 4.64. The van der Waals surface area contributed by atoms with Crippen molar-refractivity contribution in [3.63, 3.8) is 0 Å². The fourth-order valence-corrected chi connectivity index (χ4v) is 8.56. The fourth-order valence-electron chi connectivity index (χ4n) is 6.97. The molecule has 0 aliphatic heterocycles. The van der Waals surface area contributed by atoms with Gasteiger partial charge in [-0.1, -0.05) is 143 Å². The Hall–Kier alpha value is -4.61. The van der Waals surface area contributed by atoms with E-state index in [0.29, 0.717) is 17.1 Å². The maximum Gasteiger partial charge on any atom is 0.0798 e. The SMILES string of the molecule is CC(C)Cc1cc(-c2[c-]cccc2)ncc1[Si](C)(C)C.[2H]C([2H])(c1ccc2c(-c3nc4ccccc4n3-c3cccc4ccccc34)[c-]oc2c1)C(C)(C)C.[Ir]. The first-order chi connectivity index (χ1) is 26.1. The summed E-state index contributed by atoms with van der Waals surface area (Å²) in [6.07, 6.45) is 4.81. The molecule has 54 heavy (non-hydrogen) atoms. The van der Waals surface area contributed by atoms with E-state index in [0.717, 1.165) is 61.9 Å². The van der Waals surface area contributed by atoms with Crippen molar-refractivity contribution in [3.05, 3.63) is 145 Å². The molecular weight excluding hydrogens is 855 g/mol. The van der Waals surface area contributed by atoms with E-state index < -0.39 is 19.9 Å². The molecule has 3 heterocycles. The first-order valence-corrected chi connectivity index (χ1v) is 22.0. The van der Waals surface area contributed by atoms with Crippen molar-refractivity contribution < 1.29 is 27.3 Å². The maximum absolute atomic E-state index is 8.66. The Kier molecular flexibility index (Phi) is 10.8. The molecule has 0 saturated carbocycles. The van der Waals surface area contributed by atoms with E-state index in [4.69, 9.17) is 12.1 Å². The van der Waals surface area contributed by atoms with Gasteiger partial charge < -0.3 is 14.0 Å². The molecule has 0 amide bonds. The van der Waals surface area contributed by atoms with Crippen molar-refractivity contribution in [2.45, 2.75) is 67.1 Å². The Bertz CT molecular complexity index is 2610. The van der Waals surface area contributed by atoms with Crippen LogP contribution >= 0.6 is 0 Å². The number of nitrogens with zero attached hydrogens (tertiary/aromatic N) is 3. The first kappa shape index (κ1) is 36.4. The third-order valence-corrected chi connectivity index (χ3v) is 11.3. The zero-order valence-electron chi connectivity index (χ0n) is 34.4. The van der Waals surface area contributed by atoms with E-state index in [9.17, 15) is 0 Å². The van der Waals surface area contributed by atoms with E-state index in [1.165, 1.54) is 10.8 Å². The molecule has 0 fully saturated rings. The molecule has 0 unspecified atom stereocenters. The molecule has 8 rings (SSSR count). The second-order valence-electron chi connectivity index (χ2n) is 16.3. The normalized spacial score (nSPS) is 12.7. The third-order valence-electron chi connectivity index (χ3n) is 9.24. The number of imidazole rings is 1. The second kappa shape index (κ2) is 16.0. The largest absolute Gasteiger partial charge is 0.557 e. The number of hydrogen-bond donors (Lipinski definition) is 0. The van der Waals surface area contributed by atoms with Gasteiger partial charge in [-0.25, -0.2) is 0 Å². The molecule has 5 aromatic carbocycles. The van der Waals surface area contributed by atoms with Crippen molar-refractivity contribution in [2.24, 2.45) is 11.3 Å². The van der Waals surface area contributed by atoms with Crippen LogP contribution in [0, 0.1) is 23.7 Å². The molecule has 0 bridgehead atoms. The van der Waals surface area contributed by atoms with Gasteiger partial charge >= 0.3 is 0 Å². The number of fused-ring (bicyclic) bond motifs is 3. The van der Waals surface area contributed by atoms with Gasteiger partial charge in [0.2, 0.25) is 0 Å². The zero-order valence-corrected chi connectivity index (χ0v) is 35.8. The van der Waals surface area contributed by atoms with Gasteiger partial charge in [-0.3, -0.25) is 4.98 Å². The Morgan fingerprint density at radius 1 is 0.852 bits per heavy atom. The molecule has 8 aromatic rings. The average molecular weight is 906 g/mol. The van der Waals surface area contributed by atoms with Gasteiger partial charge in [0.25, 0.3) is 0 Å². The molecule has 277 valence electrons. The molecular formula is C48H49IrN3OSi-2. The van der Waals surface area contributed by atoms with Crippen LogP contribution in [0.5, 0.6) is 0 Å². The van der Waals surface area contributed by atoms with Gasteiger partial charge in [-0.05, 0) is 58.6 Å².